The highest BCUT2D eigenvalue weighted by atomic mass is 16.5. The van der Waals surface area contributed by atoms with Crippen molar-refractivity contribution in [3.05, 3.63) is 11.6 Å². The van der Waals surface area contributed by atoms with E-state index >= 15 is 0 Å². The van der Waals surface area contributed by atoms with E-state index in [0.29, 0.717) is 26.3 Å². The third-order valence-electron chi connectivity index (χ3n) is 2.62. The van der Waals surface area contributed by atoms with Crippen molar-refractivity contribution in [3.8, 4) is 0 Å². The molecule has 19 heavy (non-hydrogen) atoms. The van der Waals surface area contributed by atoms with Crippen molar-refractivity contribution < 1.29 is 29.0 Å². The molecule has 0 aromatic heterocycles. The Balaban J connectivity index is 2.53. The number of carboxylic acids is 1. The summed E-state index contributed by atoms with van der Waals surface area (Å²) in [6.07, 6.45) is -0.198. The number of aliphatic carboxylic acids is 1. The number of esters is 1. The van der Waals surface area contributed by atoms with E-state index in [1.54, 1.807) is 4.90 Å². The molecule has 1 rings (SSSR count). The summed E-state index contributed by atoms with van der Waals surface area (Å²) in [6.45, 7) is 4.64. The minimum Gasteiger partial charge on any atom is -0.478 e. The molecule has 106 valence electrons. The molecule has 0 spiro atoms. The van der Waals surface area contributed by atoms with Crippen LogP contribution in [0, 0.1) is 0 Å². The van der Waals surface area contributed by atoms with Gasteiger partial charge in [0.2, 0.25) is 0 Å². The Labute approximate surface area is 110 Å². The fourth-order valence-corrected chi connectivity index (χ4v) is 1.59. The first-order chi connectivity index (χ1) is 8.91. The lowest BCUT2D eigenvalue weighted by molar-refractivity contribution is -0.158. The molecule has 1 heterocycles. The summed E-state index contributed by atoms with van der Waals surface area (Å²) in [5.41, 5.74) is -0.0610. The number of ether oxygens (including phenoxy) is 2. The van der Waals surface area contributed by atoms with Gasteiger partial charge in [-0.3, -0.25) is 4.79 Å². The van der Waals surface area contributed by atoms with Crippen molar-refractivity contribution in [3.63, 3.8) is 0 Å². The summed E-state index contributed by atoms with van der Waals surface area (Å²) in [5.74, 6) is -2.35. The van der Waals surface area contributed by atoms with Crippen molar-refractivity contribution >= 4 is 17.8 Å². The summed E-state index contributed by atoms with van der Waals surface area (Å²) in [7, 11) is 0. The van der Waals surface area contributed by atoms with E-state index in [4.69, 9.17) is 14.6 Å². The summed E-state index contributed by atoms with van der Waals surface area (Å²) in [5, 5.41) is 8.51. The highest BCUT2D eigenvalue weighted by Gasteiger charge is 2.25. The van der Waals surface area contributed by atoms with Crippen molar-refractivity contribution in [1.82, 2.24) is 4.90 Å². The molecule has 1 aliphatic rings. The molecule has 0 radical (unpaired) electrons. The smallest absolute Gasteiger partial charge is 0.334 e. The van der Waals surface area contributed by atoms with Crippen molar-refractivity contribution in [2.75, 3.05) is 26.3 Å². The van der Waals surface area contributed by atoms with Crippen LogP contribution < -0.4 is 0 Å². The normalized spacial score (nSPS) is 17.8. The zero-order chi connectivity index (χ0) is 14.4. The van der Waals surface area contributed by atoms with Gasteiger partial charge in [0.1, 0.15) is 0 Å². The highest BCUT2D eigenvalue weighted by molar-refractivity contribution is 5.96. The van der Waals surface area contributed by atoms with Crippen LogP contribution in [-0.2, 0) is 23.9 Å². The molecule has 0 aromatic rings. The van der Waals surface area contributed by atoms with Crippen LogP contribution in [0.25, 0.3) is 0 Å². The van der Waals surface area contributed by atoms with Crippen LogP contribution in [0.1, 0.15) is 13.8 Å². The maximum absolute atomic E-state index is 11.9. The average molecular weight is 271 g/mol. The number of carbonyl (C=O) groups is 3. The number of amides is 1. The van der Waals surface area contributed by atoms with Gasteiger partial charge in [0, 0.05) is 24.7 Å². The molecular formula is C12H17NO6. The third kappa shape index (κ3) is 4.70. The minimum absolute atomic E-state index is 0.0610. The lowest BCUT2D eigenvalue weighted by Gasteiger charge is -2.28. The predicted octanol–water partition coefficient (Wildman–Crippen LogP) is -0.192. The van der Waals surface area contributed by atoms with Gasteiger partial charge in [-0.25, -0.2) is 9.59 Å². The molecule has 7 heteroatoms. The van der Waals surface area contributed by atoms with Crippen LogP contribution in [0.5, 0.6) is 0 Å². The molecule has 0 unspecified atom stereocenters. The van der Waals surface area contributed by atoms with E-state index in [0.717, 1.165) is 6.08 Å². The number of rotatable bonds is 4. The van der Waals surface area contributed by atoms with E-state index in [9.17, 15) is 14.4 Å². The molecule has 0 aliphatic carbocycles. The second kappa shape index (κ2) is 6.89. The maximum Gasteiger partial charge on any atom is 0.334 e. The average Bonchev–Trinajstić information content (AvgIpc) is 2.37. The standard InChI is InChI=1S/C12H17NO6/c1-8(7-10(14)15)12(17)19-9(2)11(16)13-3-5-18-6-4-13/h7,9H,3-6H2,1-2H3,(H,14,15)/b8-7+/t9-/m0/s1. The molecule has 7 nitrogen and oxygen atoms in total. The van der Waals surface area contributed by atoms with Crippen molar-refractivity contribution in [2.45, 2.75) is 20.0 Å². The zero-order valence-corrected chi connectivity index (χ0v) is 10.9. The van der Waals surface area contributed by atoms with Crippen LogP contribution in [-0.4, -0.2) is 60.3 Å². The summed E-state index contributed by atoms with van der Waals surface area (Å²) >= 11 is 0. The number of carboxylic acid groups (broad SMARTS) is 1. The highest BCUT2D eigenvalue weighted by Crippen LogP contribution is 2.06. The first-order valence-corrected chi connectivity index (χ1v) is 5.90. The first-order valence-electron chi connectivity index (χ1n) is 5.90. The molecule has 0 bridgehead atoms. The molecule has 1 aliphatic heterocycles. The van der Waals surface area contributed by atoms with E-state index in [-0.39, 0.29) is 11.5 Å². The lowest BCUT2D eigenvalue weighted by Crippen LogP contribution is -2.46. The van der Waals surface area contributed by atoms with Crippen LogP contribution in [0.15, 0.2) is 11.6 Å². The number of hydrogen-bond acceptors (Lipinski definition) is 5. The molecule has 1 N–H and O–H groups in total. The maximum atomic E-state index is 11.9. The Hall–Kier alpha value is -1.89. The third-order valence-corrected chi connectivity index (χ3v) is 2.62. The van der Waals surface area contributed by atoms with E-state index in [2.05, 4.69) is 0 Å². The number of nitrogens with zero attached hydrogens (tertiary/aromatic N) is 1. The van der Waals surface area contributed by atoms with E-state index in [1.807, 2.05) is 0 Å². The Morgan fingerprint density at radius 2 is 1.89 bits per heavy atom. The Morgan fingerprint density at radius 1 is 1.32 bits per heavy atom. The van der Waals surface area contributed by atoms with E-state index < -0.39 is 18.0 Å². The molecule has 0 saturated carbocycles. The summed E-state index contributed by atoms with van der Waals surface area (Å²) < 4.78 is 10.0. The van der Waals surface area contributed by atoms with Gasteiger partial charge in [0.05, 0.1) is 13.2 Å². The van der Waals surface area contributed by atoms with Crippen molar-refractivity contribution in [2.24, 2.45) is 0 Å². The van der Waals surface area contributed by atoms with Gasteiger partial charge in [0.15, 0.2) is 6.10 Å². The largest absolute Gasteiger partial charge is 0.478 e. The van der Waals surface area contributed by atoms with Crippen LogP contribution in [0.3, 0.4) is 0 Å². The number of carbonyl (C=O) groups excluding carboxylic acids is 2. The van der Waals surface area contributed by atoms with Gasteiger partial charge in [-0.1, -0.05) is 0 Å². The Kier molecular flexibility index (Phi) is 5.50. The zero-order valence-electron chi connectivity index (χ0n) is 10.9. The Bertz CT molecular complexity index is 397. The molecule has 1 fully saturated rings. The molecule has 1 atom stereocenters. The van der Waals surface area contributed by atoms with Gasteiger partial charge in [-0.05, 0) is 13.8 Å². The predicted molar refractivity (Wildman–Crippen MR) is 64.3 cm³/mol. The van der Waals surface area contributed by atoms with Gasteiger partial charge in [-0.2, -0.15) is 0 Å². The summed E-state index contributed by atoms with van der Waals surface area (Å²) in [4.78, 5) is 35.4. The lowest BCUT2D eigenvalue weighted by atomic mass is 10.2. The monoisotopic (exact) mass is 271 g/mol. The molecular weight excluding hydrogens is 254 g/mol. The topological polar surface area (TPSA) is 93.1 Å². The second-order valence-corrected chi connectivity index (χ2v) is 4.15. The quantitative estimate of drug-likeness (QED) is 0.562. The van der Waals surface area contributed by atoms with Gasteiger partial charge in [0.25, 0.3) is 5.91 Å². The first kappa shape index (κ1) is 15.2. The fourth-order valence-electron chi connectivity index (χ4n) is 1.59. The van der Waals surface area contributed by atoms with Crippen LogP contribution >= 0.6 is 0 Å². The fraction of sp³-hybridized carbons (Fsp3) is 0.583. The molecule has 1 saturated heterocycles. The van der Waals surface area contributed by atoms with Crippen molar-refractivity contribution in [1.29, 1.82) is 0 Å². The van der Waals surface area contributed by atoms with Gasteiger partial charge in [-0.15, -0.1) is 0 Å². The Morgan fingerprint density at radius 3 is 2.42 bits per heavy atom. The van der Waals surface area contributed by atoms with Gasteiger partial charge < -0.3 is 19.5 Å². The molecule has 0 aromatic carbocycles. The summed E-state index contributed by atoms with van der Waals surface area (Å²) in [6, 6.07) is 0. The number of morpholine rings is 1. The number of hydrogen-bond donors (Lipinski definition) is 1. The molecule has 1 amide bonds. The van der Waals surface area contributed by atoms with E-state index in [1.165, 1.54) is 13.8 Å². The second-order valence-electron chi connectivity index (χ2n) is 4.15. The van der Waals surface area contributed by atoms with Crippen LogP contribution in [0.2, 0.25) is 0 Å². The SMILES string of the molecule is C/C(=C\C(=O)O)C(=O)O[C@@H](C)C(=O)N1CCOCC1. The minimum atomic E-state index is -1.23. The van der Waals surface area contributed by atoms with Crippen LogP contribution in [0.4, 0.5) is 0 Å². The van der Waals surface area contributed by atoms with Gasteiger partial charge >= 0.3 is 11.9 Å².